The molecule has 0 atom stereocenters. The van der Waals surface area contributed by atoms with Gasteiger partial charge in [-0.15, -0.1) is 0 Å². The lowest BCUT2D eigenvalue weighted by atomic mass is 10.3. The first-order valence-electron chi connectivity index (χ1n) is 10.3. The molecule has 0 spiro atoms. The van der Waals surface area contributed by atoms with Crippen LogP contribution in [0.15, 0.2) is 12.2 Å². The summed E-state index contributed by atoms with van der Waals surface area (Å²) in [6.45, 7) is 28.1. The molecule has 26 heavy (non-hydrogen) atoms. The molecule has 0 aromatic rings. The number of carbonyl (C=O) groups is 1. The highest BCUT2D eigenvalue weighted by molar-refractivity contribution is 6.87. The average Bonchev–Trinajstić information content (AvgIpc) is 2.41. The number of hydrogen-bond acceptors (Lipinski definition) is 3. The molecule has 0 aromatic heterocycles. The van der Waals surface area contributed by atoms with Gasteiger partial charge >= 0.3 is 14.5 Å². The summed E-state index contributed by atoms with van der Waals surface area (Å²) in [5.74, 6) is 0.574. The van der Waals surface area contributed by atoms with Gasteiger partial charge in [0.2, 0.25) is 0 Å². The standard InChI is InChI=1S/C21H44O3Si2/c1-15(2)13-25(14-16(3)4,23-21(22)17(5)6)24-26(18(7)8,19(9)10)20(11)12/h15-16,18-20H,5,13-14H2,1-4,6-12H3. The van der Waals surface area contributed by atoms with Crippen LogP contribution in [-0.4, -0.2) is 22.8 Å². The molecule has 0 unspecified atom stereocenters. The molecule has 0 radical (unpaired) electrons. The van der Waals surface area contributed by atoms with Crippen molar-refractivity contribution < 1.29 is 13.3 Å². The number of carbonyl (C=O) groups excluding carboxylic acids is 1. The molecule has 0 aliphatic rings. The van der Waals surface area contributed by atoms with E-state index in [2.05, 4.69) is 75.8 Å². The van der Waals surface area contributed by atoms with Gasteiger partial charge in [-0.1, -0.05) is 75.8 Å². The summed E-state index contributed by atoms with van der Waals surface area (Å²) in [4.78, 5) is 12.6. The first-order valence-corrected chi connectivity index (χ1v) is 14.7. The third kappa shape index (κ3) is 6.64. The van der Waals surface area contributed by atoms with Crippen LogP contribution < -0.4 is 0 Å². The Morgan fingerprint density at radius 3 is 1.38 bits per heavy atom. The van der Waals surface area contributed by atoms with Crippen molar-refractivity contribution in [3.05, 3.63) is 12.2 Å². The topological polar surface area (TPSA) is 35.5 Å². The van der Waals surface area contributed by atoms with Crippen LogP contribution in [0.4, 0.5) is 0 Å². The lowest BCUT2D eigenvalue weighted by molar-refractivity contribution is -0.132. The molecule has 0 saturated heterocycles. The fourth-order valence-electron chi connectivity index (χ4n) is 4.45. The monoisotopic (exact) mass is 400 g/mol. The number of rotatable bonds is 11. The van der Waals surface area contributed by atoms with Gasteiger partial charge in [-0.2, -0.15) is 0 Å². The van der Waals surface area contributed by atoms with E-state index in [0.717, 1.165) is 12.1 Å². The SMILES string of the molecule is C=C(C)C(=O)O[Si](CC(C)C)(CC(C)C)O[Si](C(C)C)(C(C)C)C(C)C. The Bertz CT molecular complexity index is 436. The maximum Gasteiger partial charge on any atom is 0.392 e. The zero-order chi connectivity index (χ0) is 20.9. The molecule has 5 heteroatoms. The van der Waals surface area contributed by atoms with Gasteiger partial charge in [0, 0.05) is 17.7 Å². The molecule has 0 aliphatic carbocycles. The van der Waals surface area contributed by atoms with E-state index in [-0.39, 0.29) is 5.97 Å². The first kappa shape index (κ1) is 25.6. The van der Waals surface area contributed by atoms with E-state index in [0.29, 0.717) is 34.0 Å². The molecular weight excluding hydrogens is 356 g/mol. The van der Waals surface area contributed by atoms with Crippen LogP contribution in [0.2, 0.25) is 28.7 Å². The van der Waals surface area contributed by atoms with Crippen molar-refractivity contribution in [2.24, 2.45) is 11.8 Å². The van der Waals surface area contributed by atoms with Crippen molar-refractivity contribution in [1.82, 2.24) is 0 Å². The van der Waals surface area contributed by atoms with Crippen molar-refractivity contribution in [1.29, 1.82) is 0 Å². The normalized spacial score (nSPS) is 13.4. The van der Waals surface area contributed by atoms with Crippen LogP contribution in [-0.2, 0) is 13.3 Å². The van der Waals surface area contributed by atoms with E-state index >= 15 is 0 Å². The van der Waals surface area contributed by atoms with Gasteiger partial charge in [0.1, 0.15) is 0 Å². The Morgan fingerprint density at radius 1 is 0.808 bits per heavy atom. The van der Waals surface area contributed by atoms with Crippen LogP contribution in [0.1, 0.15) is 76.2 Å². The minimum Gasteiger partial charge on any atom is -0.491 e. The van der Waals surface area contributed by atoms with Gasteiger partial charge in [-0.25, -0.2) is 4.79 Å². The largest absolute Gasteiger partial charge is 0.491 e. The summed E-state index contributed by atoms with van der Waals surface area (Å²) in [7, 11) is -4.86. The summed E-state index contributed by atoms with van der Waals surface area (Å²) in [6.07, 6.45) is 0. The van der Waals surface area contributed by atoms with Gasteiger partial charge < -0.3 is 8.54 Å². The molecule has 154 valence electrons. The smallest absolute Gasteiger partial charge is 0.392 e. The highest BCUT2D eigenvalue weighted by Gasteiger charge is 2.54. The summed E-state index contributed by atoms with van der Waals surface area (Å²) in [5.41, 5.74) is 1.87. The van der Waals surface area contributed by atoms with Crippen LogP contribution in [0.3, 0.4) is 0 Å². The Morgan fingerprint density at radius 2 is 1.15 bits per heavy atom. The molecule has 0 fully saturated rings. The second kappa shape index (κ2) is 10.2. The van der Waals surface area contributed by atoms with E-state index in [9.17, 15) is 4.79 Å². The molecule has 0 amide bonds. The van der Waals surface area contributed by atoms with Crippen molar-refractivity contribution in [3.63, 3.8) is 0 Å². The molecule has 0 heterocycles. The average molecular weight is 401 g/mol. The molecule has 0 aromatic carbocycles. The van der Waals surface area contributed by atoms with Crippen molar-refractivity contribution in [2.45, 2.75) is 105 Å². The fraction of sp³-hybridized carbons (Fsp3) is 0.857. The van der Waals surface area contributed by atoms with Crippen molar-refractivity contribution >= 4 is 22.8 Å². The summed E-state index contributed by atoms with van der Waals surface area (Å²) >= 11 is 0. The highest BCUT2D eigenvalue weighted by atomic mass is 28.4. The van der Waals surface area contributed by atoms with Crippen LogP contribution in [0.5, 0.6) is 0 Å². The predicted molar refractivity (Wildman–Crippen MR) is 118 cm³/mol. The van der Waals surface area contributed by atoms with Gasteiger partial charge in [0.15, 0.2) is 8.32 Å². The maximum atomic E-state index is 12.6. The molecular formula is C21H44O3Si2. The van der Waals surface area contributed by atoms with E-state index in [1.54, 1.807) is 6.92 Å². The summed E-state index contributed by atoms with van der Waals surface area (Å²) in [5, 5.41) is 0. The highest BCUT2D eigenvalue weighted by Crippen LogP contribution is 2.46. The second-order valence-electron chi connectivity index (χ2n) is 9.70. The van der Waals surface area contributed by atoms with Crippen LogP contribution in [0.25, 0.3) is 0 Å². The van der Waals surface area contributed by atoms with Crippen LogP contribution >= 0.6 is 0 Å². The fourth-order valence-corrected chi connectivity index (χ4v) is 18.0. The van der Waals surface area contributed by atoms with Crippen molar-refractivity contribution in [3.8, 4) is 0 Å². The van der Waals surface area contributed by atoms with Crippen LogP contribution in [0, 0.1) is 11.8 Å². The van der Waals surface area contributed by atoms with E-state index < -0.39 is 16.9 Å². The van der Waals surface area contributed by atoms with E-state index in [1.165, 1.54) is 0 Å². The molecule has 0 N–H and O–H groups in total. The lowest BCUT2D eigenvalue weighted by Gasteiger charge is -2.49. The zero-order valence-electron chi connectivity index (χ0n) is 19.2. The van der Waals surface area contributed by atoms with E-state index in [1.807, 2.05) is 0 Å². The molecule has 0 saturated carbocycles. The number of hydrogen-bond donors (Lipinski definition) is 0. The molecule has 0 bridgehead atoms. The minimum absolute atomic E-state index is 0.280. The minimum atomic E-state index is -2.72. The Kier molecular flexibility index (Phi) is 10.1. The molecule has 0 rings (SSSR count). The zero-order valence-corrected chi connectivity index (χ0v) is 21.2. The van der Waals surface area contributed by atoms with Gasteiger partial charge in [-0.05, 0) is 35.4 Å². The van der Waals surface area contributed by atoms with Gasteiger partial charge in [0.05, 0.1) is 0 Å². The Labute approximate surface area is 165 Å². The summed E-state index contributed by atoms with van der Waals surface area (Å²) in [6, 6.07) is 1.70. The second-order valence-corrected chi connectivity index (χ2v) is 18.5. The third-order valence-electron chi connectivity index (χ3n) is 5.14. The molecule has 0 aliphatic heterocycles. The predicted octanol–water partition coefficient (Wildman–Crippen LogP) is 7.05. The van der Waals surface area contributed by atoms with E-state index in [4.69, 9.17) is 8.54 Å². The molecule has 3 nitrogen and oxygen atoms in total. The lowest BCUT2D eigenvalue weighted by Crippen LogP contribution is -2.59. The van der Waals surface area contributed by atoms with Gasteiger partial charge in [-0.3, -0.25) is 0 Å². The first-order chi connectivity index (χ1) is 11.7. The third-order valence-corrected chi connectivity index (χ3v) is 16.9. The maximum absolute atomic E-state index is 12.6. The quantitative estimate of drug-likeness (QED) is 0.275. The summed E-state index contributed by atoms with van der Waals surface area (Å²) < 4.78 is 13.5. The van der Waals surface area contributed by atoms with Crippen molar-refractivity contribution in [2.75, 3.05) is 0 Å². The van der Waals surface area contributed by atoms with Gasteiger partial charge in [0.25, 0.3) is 0 Å². The Balaban J connectivity index is 6.30. The Hall–Kier alpha value is -0.396.